The van der Waals surface area contributed by atoms with Gasteiger partial charge in [0.2, 0.25) is 0 Å². The normalized spacial score (nSPS) is 14.2. The van der Waals surface area contributed by atoms with E-state index < -0.39 is 17.8 Å². The highest BCUT2D eigenvalue weighted by Crippen LogP contribution is 2.40. The van der Waals surface area contributed by atoms with Crippen LogP contribution >= 0.6 is 0 Å². The summed E-state index contributed by atoms with van der Waals surface area (Å²) in [6, 6.07) is 2.19. The first-order valence-corrected chi connectivity index (χ1v) is 10.8. The van der Waals surface area contributed by atoms with Gasteiger partial charge in [-0.1, -0.05) is 61.5 Å². The van der Waals surface area contributed by atoms with E-state index in [1.807, 2.05) is 0 Å². The Labute approximate surface area is 180 Å². The van der Waals surface area contributed by atoms with Gasteiger partial charge >= 0.3 is 5.97 Å². The molecule has 0 fully saturated rings. The Hall–Kier alpha value is -2.43. The molecular weight excluding hydrogens is 378 g/mol. The lowest BCUT2D eigenvalue weighted by Gasteiger charge is -2.29. The maximum atomic E-state index is 12.4. The molecule has 1 aromatic carbocycles. The molecule has 1 aromatic rings. The van der Waals surface area contributed by atoms with Crippen LogP contribution in [0.2, 0.25) is 0 Å². The fourth-order valence-corrected chi connectivity index (χ4v) is 4.31. The minimum Gasteiger partial charge on any atom is -0.461 e. The first kappa shape index (κ1) is 23.8. The van der Waals surface area contributed by atoms with Gasteiger partial charge in [0, 0.05) is 11.6 Å². The Morgan fingerprint density at radius 3 is 1.87 bits per heavy atom. The lowest BCUT2D eigenvalue weighted by molar-refractivity contribution is -0.144. The number of ether oxygens (including phenoxy) is 1. The van der Waals surface area contributed by atoms with Crippen LogP contribution in [0.5, 0.6) is 0 Å². The highest BCUT2D eigenvalue weighted by Gasteiger charge is 2.26. The molecule has 1 heterocycles. The number of hydrogen-bond donors (Lipinski definition) is 1. The van der Waals surface area contributed by atoms with Crippen molar-refractivity contribution in [1.82, 2.24) is 5.32 Å². The van der Waals surface area contributed by atoms with Gasteiger partial charge < -0.3 is 4.74 Å². The van der Waals surface area contributed by atoms with Crippen LogP contribution in [-0.4, -0.2) is 17.8 Å². The van der Waals surface area contributed by atoms with E-state index in [4.69, 9.17) is 4.74 Å². The van der Waals surface area contributed by atoms with Crippen molar-refractivity contribution in [2.45, 2.75) is 92.1 Å². The van der Waals surface area contributed by atoms with Crippen LogP contribution in [0, 0.1) is 0 Å². The second-order valence-corrected chi connectivity index (χ2v) is 9.31. The summed E-state index contributed by atoms with van der Waals surface area (Å²) in [5.41, 5.74) is 6.49. The smallest absolute Gasteiger partial charge is 0.310 e. The average Bonchev–Trinajstić information content (AvgIpc) is 2.94. The van der Waals surface area contributed by atoms with Gasteiger partial charge in [-0.2, -0.15) is 0 Å². The molecule has 0 atom stereocenters. The third-order valence-electron chi connectivity index (χ3n) is 5.48. The van der Waals surface area contributed by atoms with E-state index in [2.05, 4.69) is 66.8 Å². The lowest BCUT2D eigenvalue weighted by atomic mass is 9.76. The molecule has 0 spiro atoms. The Kier molecular flexibility index (Phi) is 7.62. The molecule has 164 valence electrons. The van der Waals surface area contributed by atoms with Crippen molar-refractivity contribution in [2.24, 2.45) is 0 Å². The third-order valence-corrected chi connectivity index (χ3v) is 5.48. The van der Waals surface area contributed by atoms with Crippen molar-refractivity contribution < 1.29 is 19.1 Å². The molecule has 0 radical (unpaired) electrons. The van der Waals surface area contributed by atoms with E-state index >= 15 is 0 Å². The zero-order chi connectivity index (χ0) is 22.7. The Bertz CT molecular complexity index is 876. The SMILES string of the molecule is CC(C)c1cc(COC(=O)CC2=CC(=O)NC2=O)c(C(C)C)c(C(C)C)c1C(C)C. The van der Waals surface area contributed by atoms with Gasteiger partial charge in [-0.15, -0.1) is 0 Å². The summed E-state index contributed by atoms with van der Waals surface area (Å²) in [6.07, 6.45) is 0.959. The van der Waals surface area contributed by atoms with E-state index in [1.54, 1.807) is 0 Å². The summed E-state index contributed by atoms with van der Waals surface area (Å²) in [7, 11) is 0. The maximum absolute atomic E-state index is 12.4. The summed E-state index contributed by atoms with van der Waals surface area (Å²) in [5, 5.41) is 2.15. The molecule has 1 N–H and O–H groups in total. The molecule has 1 aliphatic rings. The average molecular weight is 414 g/mol. The Balaban J connectivity index is 2.41. The van der Waals surface area contributed by atoms with Gasteiger partial charge in [0.25, 0.3) is 11.8 Å². The number of esters is 1. The van der Waals surface area contributed by atoms with Crippen LogP contribution in [0.3, 0.4) is 0 Å². The fourth-order valence-electron chi connectivity index (χ4n) is 4.31. The summed E-state index contributed by atoms with van der Waals surface area (Å²) in [6.45, 7) is 17.8. The van der Waals surface area contributed by atoms with Crippen molar-refractivity contribution in [1.29, 1.82) is 0 Å². The van der Waals surface area contributed by atoms with E-state index in [1.165, 1.54) is 22.3 Å². The summed E-state index contributed by atoms with van der Waals surface area (Å²) in [4.78, 5) is 35.3. The predicted octanol–water partition coefficient (Wildman–Crippen LogP) is 5.20. The van der Waals surface area contributed by atoms with Gasteiger partial charge in [0.05, 0.1) is 6.42 Å². The largest absolute Gasteiger partial charge is 0.461 e. The summed E-state index contributed by atoms with van der Waals surface area (Å²) >= 11 is 0. The number of carbonyl (C=O) groups excluding carboxylic acids is 3. The van der Waals surface area contributed by atoms with Crippen molar-refractivity contribution in [3.05, 3.63) is 45.5 Å². The fraction of sp³-hybridized carbons (Fsp3) is 0.560. The number of carbonyl (C=O) groups is 3. The predicted molar refractivity (Wildman–Crippen MR) is 118 cm³/mol. The molecular formula is C25H35NO4. The topological polar surface area (TPSA) is 72.5 Å². The van der Waals surface area contributed by atoms with E-state index in [-0.39, 0.29) is 24.5 Å². The Morgan fingerprint density at radius 1 is 0.867 bits per heavy atom. The quantitative estimate of drug-likeness (QED) is 0.470. The number of rotatable bonds is 8. The second kappa shape index (κ2) is 9.59. The van der Waals surface area contributed by atoms with E-state index in [9.17, 15) is 14.4 Å². The molecule has 2 amide bonds. The number of amides is 2. The standard InChI is InChI=1S/C25H35NO4/c1-13(2)19-9-18(12-30-21(28)11-17-10-20(27)26-25(17)29)22(14(3)4)24(16(7)8)23(19)15(5)6/h9-10,13-16H,11-12H2,1-8H3,(H,26,27,29). The molecule has 0 unspecified atom stereocenters. The molecule has 0 aromatic heterocycles. The minimum atomic E-state index is -0.523. The first-order chi connectivity index (χ1) is 13.9. The minimum absolute atomic E-state index is 0.148. The monoisotopic (exact) mass is 413 g/mol. The molecule has 5 nitrogen and oxygen atoms in total. The van der Waals surface area contributed by atoms with Crippen LogP contribution < -0.4 is 5.32 Å². The van der Waals surface area contributed by atoms with Crippen LogP contribution in [0.4, 0.5) is 0 Å². The molecule has 0 bridgehead atoms. The van der Waals surface area contributed by atoms with Crippen LogP contribution in [-0.2, 0) is 25.7 Å². The second-order valence-electron chi connectivity index (χ2n) is 9.31. The molecule has 0 saturated heterocycles. The molecule has 1 aliphatic heterocycles. The number of benzene rings is 1. The first-order valence-electron chi connectivity index (χ1n) is 10.8. The van der Waals surface area contributed by atoms with Crippen LogP contribution in [0.1, 0.15) is 113 Å². The van der Waals surface area contributed by atoms with Crippen LogP contribution in [0.15, 0.2) is 17.7 Å². The van der Waals surface area contributed by atoms with Gasteiger partial charge in [-0.3, -0.25) is 19.7 Å². The van der Waals surface area contributed by atoms with Gasteiger partial charge in [0.15, 0.2) is 0 Å². The van der Waals surface area contributed by atoms with Gasteiger partial charge in [-0.05, 0) is 51.5 Å². The number of imide groups is 1. The molecule has 30 heavy (non-hydrogen) atoms. The van der Waals surface area contributed by atoms with Gasteiger partial charge in [-0.25, -0.2) is 0 Å². The molecule has 0 aliphatic carbocycles. The zero-order valence-electron chi connectivity index (χ0n) is 19.5. The van der Waals surface area contributed by atoms with Gasteiger partial charge in [0.1, 0.15) is 6.61 Å². The lowest BCUT2D eigenvalue weighted by Crippen LogP contribution is -2.23. The third kappa shape index (κ3) is 5.18. The van der Waals surface area contributed by atoms with Crippen molar-refractivity contribution in [2.75, 3.05) is 0 Å². The molecule has 0 saturated carbocycles. The summed E-state index contributed by atoms with van der Waals surface area (Å²) in [5.74, 6) is -0.122. The van der Waals surface area contributed by atoms with Crippen LogP contribution in [0.25, 0.3) is 0 Å². The highest BCUT2D eigenvalue weighted by molar-refractivity contribution is 6.17. The number of nitrogens with one attached hydrogen (secondary N) is 1. The molecule has 2 rings (SSSR count). The van der Waals surface area contributed by atoms with E-state index in [0.29, 0.717) is 17.8 Å². The van der Waals surface area contributed by atoms with Crippen molar-refractivity contribution in [3.63, 3.8) is 0 Å². The van der Waals surface area contributed by atoms with Crippen molar-refractivity contribution in [3.8, 4) is 0 Å². The summed E-state index contributed by atoms with van der Waals surface area (Å²) < 4.78 is 5.56. The highest BCUT2D eigenvalue weighted by atomic mass is 16.5. The van der Waals surface area contributed by atoms with E-state index in [0.717, 1.165) is 11.6 Å². The Morgan fingerprint density at radius 2 is 1.43 bits per heavy atom. The molecule has 5 heteroatoms. The zero-order valence-corrected chi connectivity index (χ0v) is 19.5. The number of hydrogen-bond acceptors (Lipinski definition) is 4. The van der Waals surface area contributed by atoms with Crippen molar-refractivity contribution >= 4 is 17.8 Å². The maximum Gasteiger partial charge on any atom is 0.310 e.